The summed E-state index contributed by atoms with van der Waals surface area (Å²) >= 11 is 0. The highest BCUT2D eigenvalue weighted by atomic mass is 15.2. The predicted molar refractivity (Wildman–Crippen MR) is 83.4 cm³/mol. The Morgan fingerprint density at radius 2 is 1.25 bits per heavy atom. The van der Waals surface area contributed by atoms with Gasteiger partial charge in [0.25, 0.3) is 0 Å². The van der Waals surface area contributed by atoms with Crippen LogP contribution in [-0.4, -0.2) is 18.0 Å². The molecule has 1 aliphatic rings. The summed E-state index contributed by atoms with van der Waals surface area (Å²) < 4.78 is 0. The SMILES string of the molecule is N[C@@H](c1ccccc1)[C@H](c1ccccc1)N1CCCC1. The van der Waals surface area contributed by atoms with Crippen molar-refractivity contribution >= 4 is 0 Å². The highest BCUT2D eigenvalue weighted by molar-refractivity contribution is 5.27. The van der Waals surface area contributed by atoms with Gasteiger partial charge in [-0.25, -0.2) is 0 Å². The maximum absolute atomic E-state index is 6.61. The summed E-state index contributed by atoms with van der Waals surface area (Å²) in [5, 5.41) is 0. The summed E-state index contributed by atoms with van der Waals surface area (Å²) in [7, 11) is 0. The van der Waals surface area contributed by atoms with Gasteiger partial charge in [-0.1, -0.05) is 60.7 Å². The van der Waals surface area contributed by atoms with Crippen molar-refractivity contribution < 1.29 is 0 Å². The van der Waals surface area contributed by atoms with Crippen molar-refractivity contribution in [2.24, 2.45) is 5.73 Å². The Balaban J connectivity index is 1.93. The molecule has 1 aliphatic heterocycles. The van der Waals surface area contributed by atoms with E-state index in [1.165, 1.54) is 24.0 Å². The number of hydrogen-bond donors (Lipinski definition) is 1. The molecule has 0 unspecified atom stereocenters. The van der Waals surface area contributed by atoms with E-state index in [1.807, 2.05) is 6.07 Å². The van der Waals surface area contributed by atoms with Crippen molar-refractivity contribution in [2.45, 2.75) is 24.9 Å². The van der Waals surface area contributed by atoms with Crippen molar-refractivity contribution in [1.82, 2.24) is 4.90 Å². The van der Waals surface area contributed by atoms with Crippen LogP contribution < -0.4 is 5.73 Å². The van der Waals surface area contributed by atoms with Gasteiger partial charge in [0, 0.05) is 6.04 Å². The molecule has 0 bridgehead atoms. The van der Waals surface area contributed by atoms with Gasteiger partial charge < -0.3 is 5.73 Å². The van der Waals surface area contributed by atoms with Crippen LogP contribution in [0.15, 0.2) is 60.7 Å². The number of nitrogens with zero attached hydrogens (tertiary/aromatic N) is 1. The van der Waals surface area contributed by atoms with E-state index in [1.54, 1.807) is 0 Å². The Morgan fingerprint density at radius 3 is 1.80 bits per heavy atom. The number of hydrogen-bond acceptors (Lipinski definition) is 2. The number of rotatable bonds is 4. The second kappa shape index (κ2) is 6.21. The zero-order valence-corrected chi connectivity index (χ0v) is 11.8. The van der Waals surface area contributed by atoms with Crippen LogP contribution in [-0.2, 0) is 0 Å². The van der Waals surface area contributed by atoms with E-state index >= 15 is 0 Å². The fraction of sp³-hybridized carbons (Fsp3) is 0.333. The normalized spacial score (nSPS) is 18.9. The van der Waals surface area contributed by atoms with E-state index in [2.05, 4.69) is 59.5 Å². The summed E-state index contributed by atoms with van der Waals surface area (Å²) in [4.78, 5) is 2.53. The molecule has 2 nitrogen and oxygen atoms in total. The standard InChI is InChI=1S/C18H22N2/c19-17(15-9-3-1-4-10-15)18(20-13-7-8-14-20)16-11-5-2-6-12-16/h1-6,9-12,17-18H,7-8,13-14,19H2/t17-,18-/m0/s1. The third kappa shape index (κ3) is 2.77. The van der Waals surface area contributed by atoms with Crippen LogP contribution in [0.2, 0.25) is 0 Å². The van der Waals surface area contributed by atoms with Gasteiger partial charge in [-0.3, -0.25) is 4.90 Å². The third-order valence-electron chi connectivity index (χ3n) is 4.20. The molecule has 0 spiro atoms. The van der Waals surface area contributed by atoms with Gasteiger partial charge in [-0.2, -0.15) is 0 Å². The van der Waals surface area contributed by atoms with Crippen molar-refractivity contribution in [3.8, 4) is 0 Å². The van der Waals surface area contributed by atoms with E-state index < -0.39 is 0 Å². The van der Waals surface area contributed by atoms with Crippen LogP contribution in [0.3, 0.4) is 0 Å². The summed E-state index contributed by atoms with van der Waals surface area (Å²) in [6.07, 6.45) is 2.57. The first-order chi connectivity index (χ1) is 9.86. The molecule has 0 saturated carbocycles. The van der Waals surface area contributed by atoms with Crippen LogP contribution in [0, 0.1) is 0 Å². The van der Waals surface area contributed by atoms with Gasteiger partial charge in [0.05, 0.1) is 6.04 Å². The van der Waals surface area contributed by atoms with Gasteiger partial charge >= 0.3 is 0 Å². The molecule has 0 aliphatic carbocycles. The van der Waals surface area contributed by atoms with Gasteiger partial charge in [-0.15, -0.1) is 0 Å². The minimum Gasteiger partial charge on any atom is -0.322 e. The Labute approximate surface area is 121 Å². The second-order valence-corrected chi connectivity index (χ2v) is 5.54. The number of likely N-dealkylation sites (tertiary alicyclic amines) is 1. The van der Waals surface area contributed by atoms with Crippen LogP contribution in [0.4, 0.5) is 0 Å². The molecule has 0 radical (unpaired) electrons. The predicted octanol–water partition coefficient (Wildman–Crippen LogP) is 3.52. The molecule has 2 aromatic carbocycles. The molecule has 1 heterocycles. The molecular formula is C18H22N2. The minimum atomic E-state index is 0.0247. The first-order valence-corrected chi connectivity index (χ1v) is 7.46. The zero-order chi connectivity index (χ0) is 13.8. The van der Waals surface area contributed by atoms with Crippen LogP contribution in [0.1, 0.15) is 36.1 Å². The lowest BCUT2D eigenvalue weighted by atomic mass is 9.93. The summed E-state index contributed by atoms with van der Waals surface area (Å²) in [5.74, 6) is 0. The fourth-order valence-corrected chi connectivity index (χ4v) is 3.17. The van der Waals surface area contributed by atoms with Crippen LogP contribution >= 0.6 is 0 Å². The minimum absolute atomic E-state index is 0.0247. The number of benzene rings is 2. The van der Waals surface area contributed by atoms with Crippen LogP contribution in [0.5, 0.6) is 0 Å². The quantitative estimate of drug-likeness (QED) is 0.917. The Kier molecular flexibility index (Phi) is 4.14. The molecule has 0 amide bonds. The van der Waals surface area contributed by atoms with Gasteiger partial charge in [0.2, 0.25) is 0 Å². The van der Waals surface area contributed by atoms with E-state index in [4.69, 9.17) is 5.73 Å². The lowest BCUT2D eigenvalue weighted by Crippen LogP contribution is -2.34. The summed E-state index contributed by atoms with van der Waals surface area (Å²) in [5.41, 5.74) is 9.15. The van der Waals surface area contributed by atoms with Crippen molar-refractivity contribution in [2.75, 3.05) is 13.1 Å². The molecule has 0 aromatic heterocycles. The highest BCUT2D eigenvalue weighted by Crippen LogP contribution is 2.34. The van der Waals surface area contributed by atoms with Crippen molar-refractivity contribution in [3.63, 3.8) is 0 Å². The fourth-order valence-electron chi connectivity index (χ4n) is 3.17. The first kappa shape index (κ1) is 13.3. The Morgan fingerprint density at radius 1 is 0.750 bits per heavy atom. The largest absolute Gasteiger partial charge is 0.322 e. The van der Waals surface area contributed by atoms with E-state index in [0.717, 1.165) is 13.1 Å². The van der Waals surface area contributed by atoms with Crippen molar-refractivity contribution in [3.05, 3.63) is 71.8 Å². The van der Waals surface area contributed by atoms with Gasteiger partial charge in [0.15, 0.2) is 0 Å². The molecule has 1 saturated heterocycles. The second-order valence-electron chi connectivity index (χ2n) is 5.54. The zero-order valence-electron chi connectivity index (χ0n) is 11.8. The molecule has 1 fully saturated rings. The van der Waals surface area contributed by atoms with Gasteiger partial charge in [0.1, 0.15) is 0 Å². The topological polar surface area (TPSA) is 29.3 Å². The molecular weight excluding hydrogens is 244 g/mol. The maximum Gasteiger partial charge on any atom is 0.0541 e. The van der Waals surface area contributed by atoms with E-state index in [9.17, 15) is 0 Å². The molecule has 3 rings (SSSR count). The molecule has 2 N–H and O–H groups in total. The maximum atomic E-state index is 6.61. The average Bonchev–Trinajstić information content (AvgIpc) is 3.03. The van der Waals surface area contributed by atoms with Crippen LogP contribution in [0.25, 0.3) is 0 Å². The molecule has 104 valence electrons. The average molecular weight is 266 g/mol. The summed E-state index contributed by atoms with van der Waals surface area (Å²) in [6.45, 7) is 2.31. The molecule has 2 aromatic rings. The van der Waals surface area contributed by atoms with Crippen molar-refractivity contribution in [1.29, 1.82) is 0 Å². The monoisotopic (exact) mass is 266 g/mol. The van der Waals surface area contributed by atoms with Gasteiger partial charge in [-0.05, 0) is 37.1 Å². The third-order valence-corrected chi connectivity index (χ3v) is 4.20. The highest BCUT2D eigenvalue weighted by Gasteiger charge is 2.29. The first-order valence-electron chi connectivity index (χ1n) is 7.46. The lowest BCUT2D eigenvalue weighted by molar-refractivity contribution is 0.213. The molecule has 2 heteroatoms. The summed E-state index contributed by atoms with van der Waals surface area (Å²) in [6, 6.07) is 21.4. The molecule has 20 heavy (non-hydrogen) atoms. The Hall–Kier alpha value is -1.64. The number of nitrogens with two attached hydrogens (primary N) is 1. The van der Waals surface area contributed by atoms with E-state index in [0.29, 0.717) is 0 Å². The molecule has 2 atom stereocenters. The smallest absolute Gasteiger partial charge is 0.0541 e. The Bertz CT molecular complexity index is 518. The van der Waals surface area contributed by atoms with E-state index in [-0.39, 0.29) is 12.1 Å². The lowest BCUT2D eigenvalue weighted by Gasteiger charge is -2.33.